The van der Waals surface area contributed by atoms with E-state index in [-0.39, 0.29) is 34.1 Å². The van der Waals surface area contributed by atoms with Gasteiger partial charge >= 0.3 is 8.56 Å². The molecule has 0 spiro atoms. The molecule has 5 rings (SSSR count). The summed E-state index contributed by atoms with van der Waals surface area (Å²) in [5.41, 5.74) is 0. The van der Waals surface area contributed by atoms with Gasteiger partial charge in [0.05, 0.1) is 12.2 Å². The second kappa shape index (κ2) is 17.9. The van der Waals surface area contributed by atoms with Crippen LogP contribution in [-0.2, 0) is 17.7 Å². The molecule has 0 saturated heterocycles. The van der Waals surface area contributed by atoms with E-state index in [0.717, 1.165) is 25.9 Å². The minimum atomic E-state index is -2.65. The molecule has 1 aliphatic rings. The average molecular weight is 779 g/mol. The summed E-state index contributed by atoms with van der Waals surface area (Å²) in [6.07, 6.45) is 7.64. The lowest BCUT2D eigenvalue weighted by Crippen LogP contribution is -2.67. The van der Waals surface area contributed by atoms with Gasteiger partial charge in [0.25, 0.3) is 16.6 Å². The van der Waals surface area contributed by atoms with Crippen molar-refractivity contribution in [2.75, 3.05) is 13.2 Å². The summed E-state index contributed by atoms with van der Waals surface area (Å²) in [6, 6.07) is 43.7. The Morgan fingerprint density at radius 2 is 1.00 bits per heavy atom. The molecule has 0 N–H and O–H groups in total. The molecule has 4 aromatic carbocycles. The molecule has 1 heterocycles. The highest BCUT2D eigenvalue weighted by Gasteiger charge is 2.51. The summed E-state index contributed by atoms with van der Waals surface area (Å²) in [6.45, 7) is 24.4. The third-order valence-electron chi connectivity index (χ3n) is 11.2. The Morgan fingerprint density at radius 3 is 1.41 bits per heavy atom. The topological polar surface area (TPSA) is 36.9 Å². The van der Waals surface area contributed by atoms with Crippen molar-refractivity contribution in [1.82, 2.24) is 0 Å². The second-order valence-electron chi connectivity index (χ2n) is 17.8. The molecule has 0 bridgehead atoms. The van der Waals surface area contributed by atoms with E-state index < -0.39 is 25.2 Å². The first-order valence-corrected chi connectivity index (χ1v) is 26.8. The van der Waals surface area contributed by atoms with Crippen LogP contribution in [0.1, 0.15) is 74.7 Å². The van der Waals surface area contributed by atoms with Crippen LogP contribution in [0.4, 0.5) is 0 Å². The van der Waals surface area contributed by atoms with Crippen molar-refractivity contribution in [3.05, 3.63) is 133 Å². The molecule has 0 radical (unpaired) electrons. The van der Waals surface area contributed by atoms with E-state index in [1.54, 1.807) is 0 Å². The van der Waals surface area contributed by atoms with Crippen molar-refractivity contribution in [2.45, 2.75) is 110 Å². The first kappa shape index (κ1) is 42.3. The van der Waals surface area contributed by atoms with E-state index in [2.05, 4.69) is 202 Å². The average Bonchev–Trinajstić information content (AvgIpc) is 3.14. The van der Waals surface area contributed by atoms with E-state index >= 15 is 0 Å². The van der Waals surface area contributed by atoms with E-state index in [1.165, 1.54) is 20.7 Å². The molecule has 7 heteroatoms. The van der Waals surface area contributed by atoms with Gasteiger partial charge in [-0.25, -0.2) is 0 Å². The number of hydrogen-bond acceptors (Lipinski definition) is 4. The molecule has 0 amide bonds. The van der Waals surface area contributed by atoms with Crippen molar-refractivity contribution in [1.29, 1.82) is 0 Å². The Morgan fingerprint density at radius 1 is 0.593 bits per heavy atom. The van der Waals surface area contributed by atoms with Gasteiger partial charge < -0.3 is 17.7 Å². The van der Waals surface area contributed by atoms with E-state index in [4.69, 9.17) is 17.7 Å². The van der Waals surface area contributed by atoms with Crippen molar-refractivity contribution < 1.29 is 17.7 Å². The zero-order valence-electron chi connectivity index (χ0n) is 34.7. The minimum Gasteiger partial charge on any atom is -0.407 e. The predicted molar refractivity (Wildman–Crippen MR) is 236 cm³/mol. The zero-order chi connectivity index (χ0) is 39.0. The van der Waals surface area contributed by atoms with Crippen LogP contribution < -0.4 is 20.7 Å². The lowest BCUT2D eigenvalue weighted by atomic mass is 9.93. The minimum absolute atomic E-state index is 0.00179. The van der Waals surface area contributed by atoms with Gasteiger partial charge in [0.15, 0.2) is 0 Å². The molecule has 0 aliphatic carbocycles. The smallest absolute Gasteiger partial charge is 0.332 e. The third-order valence-corrected chi connectivity index (χ3v) is 22.9. The van der Waals surface area contributed by atoms with Gasteiger partial charge in [0, 0.05) is 19.1 Å². The van der Waals surface area contributed by atoms with Gasteiger partial charge in [-0.3, -0.25) is 0 Å². The first-order chi connectivity index (χ1) is 25.6. The van der Waals surface area contributed by atoms with Crippen LogP contribution in [0.15, 0.2) is 133 Å². The van der Waals surface area contributed by atoms with E-state index in [0.29, 0.717) is 6.61 Å². The van der Waals surface area contributed by atoms with Gasteiger partial charge in [-0.15, -0.1) is 0 Å². The van der Waals surface area contributed by atoms with Crippen LogP contribution in [0.2, 0.25) is 23.2 Å². The van der Waals surface area contributed by atoms with Crippen molar-refractivity contribution in [2.24, 2.45) is 11.8 Å². The van der Waals surface area contributed by atoms with Crippen LogP contribution in [0.5, 0.6) is 0 Å². The summed E-state index contributed by atoms with van der Waals surface area (Å²) in [4.78, 5) is 0. The van der Waals surface area contributed by atoms with Crippen molar-refractivity contribution in [3.8, 4) is 0 Å². The Kier molecular flexibility index (Phi) is 14.0. The van der Waals surface area contributed by atoms with Crippen LogP contribution >= 0.6 is 0 Å². The third kappa shape index (κ3) is 9.55. The molecular formula is C47H66O4Si3. The van der Waals surface area contributed by atoms with Crippen LogP contribution in [0, 0.1) is 11.8 Å². The molecule has 4 aromatic rings. The Labute approximate surface area is 330 Å². The highest BCUT2D eigenvalue weighted by Crippen LogP contribution is 2.39. The molecule has 0 fully saturated rings. The summed E-state index contributed by atoms with van der Waals surface area (Å²) >= 11 is 0. The zero-order valence-corrected chi connectivity index (χ0v) is 37.7. The molecule has 54 heavy (non-hydrogen) atoms. The van der Waals surface area contributed by atoms with Crippen molar-refractivity contribution >= 4 is 45.9 Å². The summed E-state index contributed by atoms with van der Waals surface area (Å²) in [7, 11) is -7.66. The number of benzene rings is 4. The lowest BCUT2D eigenvalue weighted by molar-refractivity contribution is 0.0249. The fraction of sp³-hybridized carbons (Fsp3) is 0.447. The normalized spacial score (nSPS) is 20.2. The molecule has 0 aromatic heterocycles. The monoisotopic (exact) mass is 778 g/mol. The largest absolute Gasteiger partial charge is 0.407 e. The standard InChI is InChI=1S/C47H66O4Si3/c1-38-34-35-40(25-23-24-36-48-53(46(3,4)5,41-26-15-11-16-27-41)42-28-17-12-18-29-42)50-52(9,10)51-45(38)39(2)37-49-54(47(6,7)8,43-30-19-13-20-31-43)44-32-21-14-22-33-44/h11-22,26-35,38-40,45H,23-25,36-37H2,1-10H3/t38-,39+,40+,45+/m1/s1. The predicted octanol–water partition coefficient (Wildman–Crippen LogP) is 9.62. The summed E-state index contributed by atoms with van der Waals surface area (Å²) < 4.78 is 28.4. The second-order valence-corrected chi connectivity index (χ2v) is 29.7. The van der Waals surface area contributed by atoms with Crippen LogP contribution in [0.3, 0.4) is 0 Å². The highest BCUT2D eigenvalue weighted by atomic mass is 28.4. The summed E-state index contributed by atoms with van der Waals surface area (Å²) in [5, 5.41) is 5.17. The van der Waals surface area contributed by atoms with Gasteiger partial charge in [-0.2, -0.15) is 0 Å². The van der Waals surface area contributed by atoms with E-state index in [9.17, 15) is 0 Å². The van der Waals surface area contributed by atoms with Gasteiger partial charge in [0.1, 0.15) is 0 Å². The van der Waals surface area contributed by atoms with Gasteiger partial charge in [-0.05, 0) is 69.1 Å². The van der Waals surface area contributed by atoms with Crippen LogP contribution in [-0.4, -0.2) is 50.6 Å². The van der Waals surface area contributed by atoms with Crippen LogP contribution in [0.25, 0.3) is 0 Å². The summed E-state index contributed by atoms with van der Waals surface area (Å²) in [5.74, 6) is 0.413. The van der Waals surface area contributed by atoms with Crippen molar-refractivity contribution in [3.63, 3.8) is 0 Å². The van der Waals surface area contributed by atoms with Gasteiger partial charge in [-0.1, -0.05) is 189 Å². The number of rotatable bonds is 14. The SMILES string of the molecule is C[C@@H]1C=C[C@H](CCCCO[Si](c2ccccc2)(c2ccccc2)C(C)(C)C)O[Si](C)(C)O[C@@H]1[C@@H](C)CO[Si](c1ccccc1)(c1ccccc1)C(C)(C)C. The first-order valence-electron chi connectivity index (χ1n) is 20.1. The lowest BCUT2D eigenvalue weighted by Gasteiger charge is -2.45. The van der Waals surface area contributed by atoms with Gasteiger partial charge in [0.2, 0.25) is 0 Å². The Hall–Kier alpha value is -2.89. The maximum Gasteiger partial charge on any atom is 0.332 e. The van der Waals surface area contributed by atoms with E-state index in [1.807, 2.05) is 0 Å². The molecule has 1 aliphatic heterocycles. The fourth-order valence-electron chi connectivity index (χ4n) is 8.61. The number of unbranched alkanes of at least 4 members (excludes halogenated alkanes) is 1. The molecule has 0 saturated carbocycles. The maximum atomic E-state index is 7.37. The molecule has 4 atom stereocenters. The molecule has 4 nitrogen and oxygen atoms in total. The molecular weight excluding hydrogens is 713 g/mol. The Balaban J connectivity index is 1.26. The number of hydrogen-bond donors (Lipinski definition) is 0. The Bertz CT molecular complexity index is 1660. The maximum absolute atomic E-state index is 7.37. The quantitative estimate of drug-likeness (QED) is 0.0727. The molecule has 0 unspecified atom stereocenters. The fourth-order valence-corrected chi connectivity index (χ4v) is 20.0. The highest BCUT2D eigenvalue weighted by molar-refractivity contribution is 7.00. The molecule has 290 valence electrons.